The predicted octanol–water partition coefficient (Wildman–Crippen LogP) is 2.34. The summed E-state index contributed by atoms with van der Waals surface area (Å²) in [5, 5.41) is 10.2. The van der Waals surface area contributed by atoms with Gasteiger partial charge in [0.1, 0.15) is 5.75 Å². The van der Waals surface area contributed by atoms with Gasteiger partial charge in [-0.05, 0) is 19.1 Å². The molecule has 0 atom stereocenters. The second kappa shape index (κ2) is 4.70. The van der Waals surface area contributed by atoms with Crippen LogP contribution >= 0.6 is 0 Å². The van der Waals surface area contributed by atoms with Crippen molar-refractivity contribution in [2.45, 2.75) is 13.5 Å². The summed E-state index contributed by atoms with van der Waals surface area (Å²) in [6.45, 7) is 2.74. The van der Waals surface area contributed by atoms with Crippen LogP contribution < -0.4 is 10.1 Å². The molecule has 2 aromatic rings. The van der Waals surface area contributed by atoms with E-state index in [9.17, 15) is 0 Å². The molecule has 1 aromatic carbocycles. The van der Waals surface area contributed by atoms with Crippen LogP contribution in [-0.4, -0.2) is 17.3 Å². The molecular weight excluding hydrogens is 202 g/mol. The Bertz CT molecular complexity index is 465. The molecule has 0 saturated carbocycles. The van der Waals surface area contributed by atoms with Crippen molar-refractivity contribution in [3.8, 4) is 5.75 Å². The van der Waals surface area contributed by atoms with Crippen LogP contribution in [0.5, 0.6) is 5.75 Å². The fourth-order valence-electron chi connectivity index (χ4n) is 1.54. The first kappa shape index (κ1) is 10.5. The van der Waals surface area contributed by atoms with Crippen molar-refractivity contribution < 1.29 is 4.74 Å². The van der Waals surface area contributed by atoms with Crippen molar-refractivity contribution in [2.24, 2.45) is 0 Å². The van der Waals surface area contributed by atoms with Crippen molar-refractivity contribution in [2.75, 3.05) is 12.4 Å². The summed E-state index contributed by atoms with van der Waals surface area (Å²) < 4.78 is 5.26. The minimum Gasteiger partial charge on any atom is -0.495 e. The number of aryl methyl sites for hydroxylation is 1. The van der Waals surface area contributed by atoms with Gasteiger partial charge < -0.3 is 10.1 Å². The van der Waals surface area contributed by atoms with E-state index in [-0.39, 0.29) is 0 Å². The van der Waals surface area contributed by atoms with E-state index in [4.69, 9.17) is 4.74 Å². The molecule has 0 fully saturated rings. The monoisotopic (exact) mass is 217 g/mol. The Morgan fingerprint density at radius 2 is 2.19 bits per heavy atom. The van der Waals surface area contributed by atoms with Crippen molar-refractivity contribution in [3.63, 3.8) is 0 Å². The largest absolute Gasteiger partial charge is 0.495 e. The molecule has 0 radical (unpaired) electrons. The van der Waals surface area contributed by atoms with Crippen molar-refractivity contribution in [1.82, 2.24) is 10.2 Å². The smallest absolute Gasteiger partial charge is 0.141 e. The van der Waals surface area contributed by atoms with E-state index in [2.05, 4.69) is 15.5 Å². The maximum atomic E-state index is 5.26. The first-order valence-corrected chi connectivity index (χ1v) is 5.17. The molecule has 0 bridgehead atoms. The van der Waals surface area contributed by atoms with Gasteiger partial charge in [0.2, 0.25) is 0 Å². The van der Waals surface area contributed by atoms with Crippen LogP contribution in [0.4, 0.5) is 5.69 Å². The lowest BCUT2D eigenvalue weighted by molar-refractivity contribution is 0.416. The summed E-state index contributed by atoms with van der Waals surface area (Å²) in [6.07, 6.45) is 1.83. The second-order valence-corrected chi connectivity index (χ2v) is 3.57. The molecule has 4 nitrogen and oxygen atoms in total. The number of benzene rings is 1. The maximum absolute atomic E-state index is 5.26. The maximum Gasteiger partial charge on any atom is 0.141 e. The number of nitrogens with one attached hydrogen (secondary N) is 2. The van der Waals surface area contributed by atoms with Gasteiger partial charge in [0.05, 0.1) is 19.0 Å². The van der Waals surface area contributed by atoms with Crippen molar-refractivity contribution in [1.29, 1.82) is 0 Å². The van der Waals surface area contributed by atoms with Gasteiger partial charge in [0, 0.05) is 17.8 Å². The topological polar surface area (TPSA) is 49.9 Å². The number of H-pyrrole nitrogens is 1. The highest BCUT2D eigenvalue weighted by Gasteiger charge is 2.03. The summed E-state index contributed by atoms with van der Waals surface area (Å²) in [6, 6.07) is 7.86. The minimum absolute atomic E-state index is 0.739. The number of aromatic amines is 1. The molecule has 0 unspecified atom stereocenters. The molecule has 0 aliphatic rings. The summed E-state index contributed by atoms with van der Waals surface area (Å²) in [5.74, 6) is 0.851. The van der Waals surface area contributed by atoms with E-state index in [0.29, 0.717) is 0 Å². The van der Waals surface area contributed by atoms with E-state index < -0.39 is 0 Å². The zero-order valence-corrected chi connectivity index (χ0v) is 9.45. The molecule has 0 aliphatic carbocycles. The molecule has 0 aliphatic heterocycles. The Kier molecular flexibility index (Phi) is 3.10. The molecule has 2 rings (SSSR count). The third-order valence-corrected chi connectivity index (χ3v) is 2.51. The number of methoxy groups -OCH3 is 1. The van der Waals surface area contributed by atoms with E-state index in [0.717, 1.165) is 29.2 Å². The van der Waals surface area contributed by atoms with Gasteiger partial charge in [-0.1, -0.05) is 12.1 Å². The van der Waals surface area contributed by atoms with Crippen LogP contribution in [0.1, 0.15) is 11.3 Å². The average Bonchev–Trinajstić information content (AvgIpc) is 2.72. The number of anilines is 1. The van der Waals surface area contributed by atoms with E-state index >= 15 is 0 Å². The van der Waals surface area contributed by atoms with Crippen molar-refractivity contribution >= 4 is 5.69 Å². The second-order valence-electron chi connectivity index (χ2n) is 3.57. The number of hydrogen-bond acceptors (Lipinski definition) is 3. The number of hydrogen-bond donors (Lipinski definition) is 2. The Balaban J connectivity index is 2.07. The third kappa shape index (κ3) is 2.16. The SMILES string of the molecule is COc1ccccc1NCc1cn[nH]c1C. The molecular formula is C12H15N3O. The van der Waals surface area contributed by atoms with Gasteiger partial charge >= 0.3 is 0 Å². The summed E-state index contributed by atoms with van der Waals surface area (Å²) in [4.78, 5) is 0. The molecule has 0 saturated heterocycles. The zero-order chi connectivity index (χ0) is 11.4. The van der Waals surface area contributed by atoms with E-state index in [1.807, 2.05) is 37.4 Å². The standard InChI is InChI=1S/C12H15N3O/c1-9-10(8-14-15-9)7-13-11-5-3-4-6-12(11)16-2/h3-6,8,13H,7H2,1-2H3,(H,14,15). The number of rotatable bonds is 4. The quantitative estimate of drug-likeness (QED) is 0.826. The fraction of sp³-hybridized carbons (Fsp3) is 0.250. The lowest BCUT2D eigenvalue weighted by atomic mass is 10.2. The molecule has 2 N–H and O–H groups in total. The van der Waals surface area contributed by atoms with Crippen LogP contribution in [0.25, 0.3) is 0 Å². The van der Waals surface area contributed by atoms with Crippen LogP contribution in [0.15, 0.2) is 30.5 Å². The number of nitrogens with zero attached hydrogens (tertiary/aromatic N) is 1. The van der Waals surface area contributed by atoms with Crippen LogP contribution in [-0.2, 0) is 6.54 Å². The van der Waals surface area contributed by atoms with Gasteiger partial charge in [-0.2, -0.15) is 5.10 Å². The first-order chi connectivity index (χ1) is 7.81. The minimum atomic E-state index is 0.739. The highest BCUT2D eigenvalue weighted by Crippen LogP contribution is 2.23. The normalized spacial score (nSPS) is 10.1. The predicted molar refractivity (Wildman–Crippen MR) is 63.6 cm³/mol. The number of ether oxygens (including phenoxy) is 1. The highest BCUT2D eigenvalue weighted by atomic mass is 16.5. The van der Waals surface area contributed by atoms with Crippen LogP contribution in [0.2, 0.25) is 0 Å². The molecule has 0 amide bonds. The van der Waals surface area contributed by atoms with Crippen LogP contribution in [0.3, 0.4) is 0 Å². The lowest BCUT2D eigenvalue weighted by Gasteiger charge is -2.10. The molecule has 4 heteroatoms. The van der Waals surface area contributed by atoms with E-state index in [1.165, 1.54) is 0 Å². The lowest BCUT2D eigenvalue weighted by Crippen LogP contribution is -2.01. The number of aromatic nitrogens is 2. The summed E-state index contributed by atoms with van der Waals surface area (Å²) in [5.41, 5.74) is 3.24. The van der Waals surface area contributed by atoms with Gasteiger partial charge in [-0.25, -0.2) is 0 Å². The Labute approximate surface area is 94.6 Å². The van der Waals surface area contributed by atoms with E-state index in [1.54, 1.807) is 7.11 Å². The average molecular weight is 217 g/mol. The summed E-state index contributed by atoms with van der Waals surface area (Å²) in [7, 11) is 1.67. The zero-order valence-electron chi connectivity index (χ0n) is 9.45. The molecule has 0 spiro atoms. The first-order valence-electron chi connectivity index (χ1n) is 5.17. The Morgan fingerprint density at radius 3 is 2.88 bits per heavy atom. The van der Waals surface area contributed by atoms with Crippen LogP contribution in [0, 0.1) is 6.92 Å². The molecule has 1 aromatic heterocycles. The highest BCUT2D eigenvalue weighted by molar-refractivity contribution is 5.56. The Morgan fingerprint density at radius 1 is 1.38 bits per heavy atom. The van der Waals surface area contributed by atoms with Crippen molar-refractivity contribution in [3.05, 3.63) is 41.7 Å². The van der Waals surface area contributed by atoms with Gasteiger partial charge in [0.25, 0.3) is 0 Å². The van der Waals surface area contributed by atoms with Gasteiger partial charge in [-0.3, -0.25) is 5.10 Å². The summed E-state index contributed by atoms with van der Waals surface area (Å²) >= 11 is 0. The van der Waals surface area contributed by atoms with Gasteiger partial charge in [0.15, 0.2) is 0 Å². The van der Waals surface area contributed by atoms with Gasteiger partial charge in [-0.15, -0.1) is 0 Å². The fourth-order valence-corrected chi connectivity index (χ4v) is 1.54. The molecule has 1 heterocycles. The number of para-hydroxylation sites is 2. The third-order valence-electron chi connectivity index (χ3n) is 2.51. The molecule has 84 valence electrons. The Hall–Kier alpha value is -1.97. The molecule has 16 heavy (non-hydrogen) atoms.